The molecule has 3 aromatic carbocycles. The van der Waals surface area contributed by atoms with Gasteiger partial charge in [0.15, 0.2) is 5.78 Å². The summed E-state index contributed by atoms with van der Waals surface area (Å²) in [4.78, 5) is 37.5. The monoisotopic (exact) mass is 553 g/mol. The number of hydrogen-bond acceptors (Lipinski definition) is 7. The molecular weight excluding hydrogens is 521 g/mol. The lowest BCUT2D eigenvalue weighted by atomic mass is 10.2. The lowest BCUT2D eigenvalue weighted by Crippen LogP contribution is -2.52. The molecule has 3 atom stereocenters. The number of ether oxygens (including phenoxy) is 1. The molecule has 0 spiro atoms. The second kappa shape index (κ2) is 14.0. The molecule has 3 N–H and O–H groups in total. The van der Waals surface area contributed by atoms with Crippen molar-refractivity contribution >= 4 is 25.5 Å². The summed E-state index contributed by atoms with van der Waals surface area (Å²) in [6.07, 6.45) is -0.774. The fraction of sp³-hybridized carbons (Fsp3) is 0.250. The quantitative estimate of drug-likeness (QED) is 0.279. The van der Waals surface area contributed by atoms with Crippen molar-refractivity contribution in [2.45, 2.75) is 45.2 Å². The summed E-state index contributed by atoms with van der Waals surface area (Å²) in [5, 5.41) is 7.55. The number of nitrogens with one attached hydrogen (secondary N) is 3. The minimum absolute atomic E-state index is 0.0495. The van der Waals surface area contributed by atoms with Crippen molar-refractivity contribution in [1.29, 1.82) is 0 Å². The highest BCUT2D eigenvalue weighted by Crippen LogP contribution is 2.51. The summed E-state index contributed by atoms with van der Waals surface area (Å²) in [5.74, 6) is -1.70. The van der Waals surface area contributed by atoms with Gasteiger partial charge in [-0.1, -0.05) is 66.7 Å². The van der Waals surface area contributed by atoms with E-state index in [0.29, 0.717) is 11.5 Å². The molecule has 0 fully saturated rings. The minimum atomic E-state index is -3.97. The van der Waals surface area contributed by atoms with E-state index in [1.165, 1.54) is 20.8 Å². The molecule has 0 aliphatic heterocycles. The molecule has 0 aromatic heterocycles. The maximum absolute atomic E-state index is 13.8. The normalized spacial score (nSPS) is 13.2. The molecule has 0 aliphatic carbocycles. The van der Waals surface area contributed by atoms with Crippen LogP contribution in [0.25, 0.3) is 0 Å². The van der Waals surface area contributed by atoms with E-state index in [-0.39, 0.29) is 6.61 Å². The van der Waals surface area contributed by atoms with Gasteiger partial charge in [-0.15, -0.1) is 0 Å². The first-order valence-corrected chi connectivity index (χ1v) is 13.9. The number of rotatable bonds is 12. The Morgan fingerprint density at radius 3 is 1.62 bits per heavy atom. The lowest BCUT2D eigenvalue weighted by molar-refractivity contribution is -0.129. The molecule has 0 radical (unpaired) electrons. The molecular formula is C28H32N3O7P. The van der Waals surface area contributed by atoms with Gasteiger partial charge in [-0.2, -0.15) is 0 Å². The molecule has 11 heteroatoms. The van der Waals surface area contributed by atoms with Crippen molar-refractivity contribution in [3.05, 3.63) is 96.6 Å². The van der Waals surface area contributed by atoms with Gasteiger partial charge >= 0.3 is 13.7 Å². The molecule has 3 amide bonds. The van der Waals surface area contributed by atoms with Crippen LogP contribution < -0.4 is 25.0 Å². The Kier molecular flexibility index (Phi) is 10.5. The first kappa shape index (κ1) is 29.3. The standard InChI is InChI=1S/C28H32N3O7P/c1-20(29-26(32)21(2)30-28(34)36-19-23-13-7-4-8-14-23)27(33)31-22(3)39(35,37-24-15-9-5-10-16-24)38-25-17-11-6-12-18-25/h4-18,20-22H,19H2,1-3H3,(H,29,32)(H,30,34)(H,31,33)/t20-,21-,22?/m0/s1. The van der Waals surface area contributed by atoms with Crippen LogP contribution >= 0.6 is 7.60 Å². The summed E-state index contributed by atoms with van der Waals surface area (Å²) < 4.78 is 30.4. The molecule has 1 unspecified atom stereocenters. The predicted molar refractivity (Wildman–Crippen MR) is 146 cm³/mol. The molecule has 0 saturated heterocycles. The highest BCUT2D eigenvalue weighted by atomic mass is 31.2. The van der Waals surface area contributed by atoms with Gasteiger partial charge in [0.2, 0.25) is 11.8 Å². The van der Waals surface area contributed by atoms with Gasteiger partial charge in [0.25, 0.3) is 0 Å². The Balaban J connectivity index is 1.56. The van der Waals surface area contributed by atoms with Gasteiger partial charge in [-0.25, -0.2) is 9.36 Å². The Morgan fingerprint density at radius 2 is 1.10 bits per heavy atom. The average Bonchev–Trinajstić information content (AvgIpc) is 2.93. The fourth-order valence-corrected chi connectivity index (χ4v) is 4.72. The topological polar surface area (TPSA) is 132 Å². The van der Waals surface area contributed by atoms with Crippen LogP contribution in [0, 0.1) is 0 Å². The van der Waals surface area contributed by atoms with Crippen LogP contribution in [-0.2, 0) is 25.5 Å². The molecule has 3 aromatic rings. The number of carbonyl (C=O) groups excluding carboxylic acids is 3. The van der Waals surface area contributed by atoms with Crippen LogP contribution in [0.3, 0.4) is 0 Å². The maximum atomic E-state index is 13.8. The Bertz CT molecular complexity index is 1230. The van der Waals surface area contributed by atoms with E-state index in [4.69, 9.17) is 13.8 Å². The van der Waals surface area contributed by atoms with Gasteiger partial charge in [0.1, 0.15) is 30.2 Å². The summed E-state index contributed by atoms with van der Waals surface area (Å²) >= 11 is 0. The van der Waals surface area contributed by atoms with E-state index in [1.54, 1.807) is 72.8 Å². The first-order valence-electron chi connectivity index (χ1n) is 12.3. The van der Waals surface area contributed by atoms with E-state index < -0.39 is 43.4 Å². The third-order valence-corrected chi connectivity index (χ3v) is 7.48. The van der Waals surface area contributed by atoms with Gasteiger partial charge in [0.05, 0.1) is 0 Å². The largest absolute Gasteiger partial charge is 0.452 e. The molecule has 206 valence electrons. The fourth-order valence-electron chi connectivity index (χ4n) is 3.25. The first-order chi connectivity index (χ1) is 18.7. The zero-order valence-electron chi connectivity index (χ0n) is 21.9. The smallest absolute Gasteiger partial charge is 0.445 e. The van der Waals surface area contributed by atoms with Gasteiger partial charge in [0, 0.05) is 0 Å². The van der Waals surface area contributed by atoms with Crippen molar-refractivity contribution in [3.63, 3.8) is 0 Å². The van der Waals surface area contributed by atoms with E-state index in [0.717, 1.165) is 5.56 Å². The number of amides is 3. The number of para-hydroxylation sites is 2. The SMILES string of the molecule is CC(NC(=O)[C@H](C)NC(=O)[C@H](C)NC(=O)OCc1ccccc1)P(=O)(Oc1ccccc1)Oc1ccccc1. The highest BCUT2D eigenvalue weighted by Gasteiger charge is 2.38. The zero-order chi connectivity index (χ0) is 28.3. The summed E-state index contributed by atoms with van der Waals surface area (Å²) in [5.41, 5.74) is 0.800. The molecule has 0 heterocycles. The van der Waals surface area contributed by atoms with Crippen molar-refractivity contribution in [3.8, 4) is 11.5 Å². The van der Waals surface area contributed by atoms with Crippen LogP contribution in [0.1, 0.15) is 26.3 Å². The molecule has 3 rings (SSSR count). The number of alkyl carbamates (subject to hydrolysis) is 1. The molecule has 0 aliphatic rings. The van der Waals surface area contributed by atoms with Crippen LogP contribution in [0.4, 0.5) is 4.79 Å². The number of benzene rings is 3. The van der Waals surface area contributed by atoms with E-state index >= 15 is 0 Å². The summed E-state index contributed by atoms with van der Waals surface area (Å²) in [7, 11) is -3.97. The van der Waals surface area contributed by atoms with E-state index in [2.05, 4.69) is 16.0 Å². The van der Waals surface area contributed by atoms with Crippen molar-refractivity contribution in [2.75, 3.05) is 0 Å². The number of hydrogen-bond donors (Lipinski definition) is 3. The van der Waals surface area contributed by atoms with Crippen molar-refractivity contribution in [2.24, 2.45) is 0 Å². The molecule has 39 heavy (non-hydrogen) atoms. The average molecular weight is 554 g/mol. The lowest BCUT2D eigenvalue weighted by Gasteiger charge is -2.27. The van der Waals surface area contributed by atoms with Crippen molar-refractivity contribution in [1.82, 2.24) is 16.0 Å². The van der Waals surface area contributed by atoms with E-state index in [1.807, 2.05) is 18.2 Å². The van der Waals surface area contributed by atoms with Crippen LogP contribution in [-0.4, -0.2) is 35.8 Å². The second-order valence-electron chi connectivity index (χ2n) is 8.69. The van der Waals surface area contributed by atoms with Crippen LogP contribution in [0.15, 0.2) is 91.0 Å². The Morgan fingerprint density at radius 1 is 0.667 bits per heavy atom. The van der Waals surface area contributed by atoms with Gasteiger partial charge < -0.3 is 29.7 Å². The number of carbonyl (C=O) groups is 3. The Hall–Kier alpha value is -4.30. The summed E-state index contributed by atoms with van der Waals surface area (Å²) in [6.45, 7) is 4.46. The zero-order valence-corrected chi connectivity index (χ0v) is 22.8. The predicted octanol–water partition coefficient (Wildman–Crippen LogP) is 4.62. The molecule has 0 saturated carbocycles. The third kappa shape index (κ3) is 9.19. The molecule has 10 nitrogen and oxygen atoms in total. The highest BCUT2D eigenvalue weighted by molar-refractivity contribution is 7.55. The van der Waals surface area contributed by atoms with Gasteiger partial charge in [-0.05, 0) is 50.6 Å². The third-order valence-electron chi connectivity index (χ3n) is 5.47. The minimum Gasteiger partial charge on any atom is -0.445 e. The Labute approximate surface area is 227 Å². The van der Waals surface area contributed by atoms with E-state index in [9.17, 15) is 18.9 Å². The molecule has 0 bridgehead atoms. The van der Waals surface area contributed by atoms with Crippen molar-refractivity contribution < 1.29 is 32.7 Å². The second-order valence-corrected chi connectivity index (χ2v) is 10.9. The summed E-state index contributed by atoms with van der Waals surface area (Å²) in [6, 6.07) is 24.0. The van der Waals surface area contributed by atoms with Crippen LogP contribution in [0.2, 0.25) is 0 Å². The van der Waals surface area contributed by atoms with Crippen LogP contribution in [0.5, 0.6) is 11.5 Å². The van der Waals surface area contributed by atoms with Gasteiger partial charge in [-0.3, -0.25) is 9.59 Å². The maximum Gasteiger partial charge on any atom is 0.452 e.